The minimum atomic E-state index is -1.22. The molecular weight excluding hydrogens is 382 g/mol. The van der Waals surface area contributed by atoms with Gasteiger partial charge < -0.3 is 14.8 Å². The lowest BCUT2D eigenvalue weighted by atomic mass is 10.2. The van der Waals surface area contributed by atoms with Gasteiger partial charge in [-0.15, -0.1) is 0 Å². The van der Waals surface area contributed by atoms with Crippen LogP contribution in [0.4, 0.5) is 10.5 Å². The van der Waals surface area contributed by atoms with E-state index >= 15 is 0 Å². The zero-order chi connectivity index (χ0) is 21.2. The molecule has 2 aromatic carbocycles. The first kappa shape index (κ1) is 21.4. The average Bonchev–Trinajstić information content (AvgIpc) is 2.71. The Labute approximate surface area is 166 Å². The quantitative estimate of drug-likeness (QED) is 0.392. The van der Waals surface area contributed by atoms with Gasteiger partial charge in [0.1, 0.15) is 5.75 Å². The van der Waals surface area contributed by atoms with Crippen LogP contribution in [0, 0.1) is 10.1 Å². The summed E-state index contributed by atoms with van der Waals surface area (Å²) in [6.07, 6.45) is -1.22. The van der Waals surface area contributed by atoms with Gasteiger partial charge in [-0.2, -0.15) is 0 Å². The molecule has 2 rings (SSSR count). The molecule has 10 heteroatoms. The van der Waals surface area contributed by atoms with Gasteiger partial charge in [-0.3, -0.25) is 20.2 Å². The van der Waals surface area contributed by atoms with Crippen LogP contribution in [0.2, 0.25) is 0 Å². The van der Waals surface area contributed by atoms with Gasteiger partial charge in [0.05, 0.1) is 4.92 Å². The molecule has 0 aromatic heterocycles. The molecule has 0 aliphatic rings. The van der Waals surface area contributed by atoms with Crippen LogP contribution >= 0.6 is 0 Å². The summed E-state index contributed by atoms with van der Waals surface area (Å²) in [7, 11) is 0. The van der Waals surface area contributed by atoms with Crippen molar-refractivity contribution in [3.05, 3.63) is 70.3 Å². The lowest BCUT2D eigenvalue weighted by Crippen LogP contribution is -2.44. The van der Waals surface area contributed by atoms with Crippen LogP contribution in [-0.4, -0.2) is 35.5 Å². The number of carbonyl (C=O) groups is 3. The van der Waals surface area contributed by atoms with Crippen LogP contribution in [-0.2, 0) is 20.9 Å². The molecule has 0 spiro atoms. The predicted octanol–water partition coefficient (Wildman–Crippen LogP) is 1.93. The molecule has 0 aliphatic heterocycles. The summed E-state index contributed by atoms with van der Waals surface area (Å²) in [5.74, 6) is -1.40. The number of rotatable bonds is 8. The van der Waals surface area contributed by atoms with Gasteiger partial charge >= 0.3 is 12.0 Å². The van der Waals surface area contributed by atoms with Crippen molar-refractivity contribution in [2.45, 2.75) is 19.6 Å². The van der Waals surface area contributed by atoms with E-state index in [4.69, 9.17) is 9.47 Å². The van der Waals surface area contributed by atoms with Crippen molar-refractivity contribution in [3.8, 4) is 5.75 Å². The van der Waals surface area contributed by atoms with Gasteiger partial charge in [0.25, 0.3) is 11.6 Å². The Balaban J connectivity index is 1.71. The maximum Gasteiger partial charge on any atom is 0.344 e. The van der Waals surface area contributed by atoms with E-state index in [2.05, 4.69) is 10.6 Å². The Kier molecular flexibility index (Phi) is 7.66. The number of urea groups is 1. The molecule has 0 unspecified atom stereocenters. The number of hydrogen-bond acceptors (Lipinski definition) is 7. The van der Waals surface area contributed by atoms with Gasteiger partial charge in [-0.05, 0) is 24.6 Å². The second kappa shape index (κ2) is 10.4. The molecule has 0 saturated heterocycles. The molecule has 3 amide bonds. The number of benzene rings is 2. The molecule has 0 radical (unpaired) electrons. The number of nitrogens with zero attached hydrogens (tertiary/aromatic N) is 1. The maximum absolute atomic E-state index is 11.9. The largest absolute Gasteiger partial charge is 0.482 e. The third kappa shape index (κ3) is 7.29. The Morgan fingerprint density at radius 2 is 1.72 bits per heavy atom. The Morgan fingerprint density at radius 3 is 2.34 bits per heavy atom. The lowest BCUT2D eigenvalue weighted by Gasteiger charge is -2.13. The molecular formula is C19H19N3O7. The second-order valence-corrected chi connectivity index (χ2v) is 5.83. The first-order chi connectivity index (χ1) is 13.8. The van der Waals surface area contributed by atoms with Crippen LogP contribution in [0.1, 0.15) is 12.5 Å². The molecule has 1 atom stereocenters. The van der Waals surface area contributed by atoms with Gasteiger partial charge in [-0.1, -0.05) is 30.3 Å². The third-order valence-electron chi connectivity index (χ3n) is 3.61. The van der Waals surface area contributed by atoms with Crippen molar-refractivity contribution in [2.24, 2.45) is 0 Å². The number of carbonyl (C=O) groups excluding carboxylic acids is 3. The number of amides is 3. The van der Waals surface area contributed by atoms with Crippen molar-refractivity contribution < 1.29 is 28.8 Å². The summed E-state index contributed by atoms with van der Waals surface area (Å²) in [6, 6.07) is 13.5. The molecule has 2 aromatic rings. The highest BCUT2D eigenvalue weighted by molar-refractivity contribution is 5.97. The Bertz CT molecular complexity index is 869. The number of nitrogens with one attached hydrogen (secondary N) is 2. The zero-order valence-electron chi connectivity index (χ0n) is 15.5. The summed E-state index contributed by atoms with van der Waals surface area (Å²) >= 11 is 0. The molecule has 2 N–H and O–H groups in total. The minimum Gasteiger partial charge on any atom is -0.482 e. The average molecular weight is 401 g/mol. The Morgan fingerprint density at radius 1 is 1.07 bits per heavy atom. The number of nitro groups is 1. The first-order valence-electron chi connectivity index (χ1n) is 8.54. The molecule has 0 aliphatic carbocycles. The smallest absolute Gasteiger partial charge is 0.344 e. The summed E-state index contributed by atoms with van der Waals surface area (Å²) in [6.45, 7) is 1.04. The fourth-order valence-electron chi connectivity index (χ4n) is 2.13. The molecule has 29 heavy (non-hydrogen) atoms. The van der Waals surface area contributed by atoms with E-state index in [0.717, 1.165) is 5.56 Å². The fourth-order valence-corrected chi connectivity index (χ4v) is 2.13. The van der Waals surface area contributed by atoms with E-state index in [-0.39, 0.29) is 18.0 Å². The number of hydrogen-bond donors (Lipinski definition) is 2. The van der Waals surface area contributed by atoms with Crippen LogP contribution in [0.5, 0.6) is 5.75 Å². The molecule has 0 bridgehead atoms. The maximum atomic E-state index is 11.9. The van der Waals surface area contributed by atoms with Crippen molar-refractivity contribution in [1.29, 1.82) is 0 Å². The van der Waals surface area contributed by atoms with E-state index in [1.165, 1.54) is 31.2 Å². The van der Waals surface area contributed by atoms with E-state index in [9.17, 15) is 24.5 Å². The van der Waals surface area contributed by atoms with Crippen molar-refractivity contribution in [2.75, 3.05) is 6.61 Å². The number of ether oxygens (including phenoxy) is 2. The molecule has 152 valence electrons. The first-order valence-corrected chi connectivity index (χ1v) is 8.54. The van der Waals surface area contributed by atoms with Crippen LogP contribution in [0.15, 0.2) is 54.6 Å². The number of esters is 1. The second-order valence-electron chi connectivity index (χ2n) is 5.83. The van der Waals surface area contributed by atoms with Crippen molar-refractivity contribution in [3.63, 3.8) is 0 Å². The number of nitro benzene ring substituents is 1. The summed E-state index contributed by atoms with van der Waals surface area (Å²) in [5.41, 5.74) is 0.744. The minimum absolute atomic E-state index is 0.115. The van der Waals surface area contributed by atoms with E-state index < -0.39 is 35.5 Å². The SMILES string of the molecule is C[C@@H](OC(=O)COc1ccc([N+](=O)[O-])cc1)C(=O)NC(=O)NCc1ccccc1. The summed E-state index contributed by atoms with van der Waals surface area (Å²) < 4.78 is 10.0. The number of non-ortho nitro benzene ring substituents is 1. The monoisotopic (exact) mass is 401 g/mol. The zero-order valence-corrected chi connectivity index (χ0v) is 15.5. The Hall–Kier alpha value is -3.95. The topological polar surface area (TPSA) is 137 Å². The predicted molar refractivity (Wildman–Crippen MR) is 101 cm³/mol. The molecule has 10 nitrogen and oxygen atoms in total. The van der Waals surface area contributed by atoms with Gasteiger partial charge in [0, 0.05) is 18.7 Å². The normalized spacial score (nSPS) is 11.1. The van der Waals surface area contributed by atoms with Gasteiger partial charge in [0.2, 0.25) is 0 Å². The van der Waals surface area contributed by atoms with Crippen molar-refractivity contribution >= 4 is 23.6 Å². The van der Waals surface area contributed by atoms with E-state index in [0.29, 0.717) is 0 Å². The van der Waals surface area contributed by atoms with Crippen LogP contribution in [0.3, 0.4) is 0 Å². The van der Waals surface area contributed by atoms with Crippen molar-refractivity contribution in [1.82, 2.24) is 10.6 Å². The third-order valence-corrected chi connectivity index (χ3v) is 3.61. The highest BCUT2D eigenvalue weighted by Crippen LogP contribution is 2.17. The lowest BCUT2D eigenvalue weighted by molar-refractivity contribution is -0.384. The summed E-state index contributed by atoms with van der Waals surface area (Å²) in [5, 5.41) is 15.2. The molecule has 0 fully saturated rings. The van der Waals surface area contributed by atoms with Gasteiger partial charge in [-0.25, -0.2) is 9.59 Å². The van der Waals surface area contributed by atoms with E-state index in [1.54, 1.807) is 0 Å². The highest BCUT2D eigenvalue weighted by Gasteiger charge is 2.20. The molecule has 0 saturated carbocycles. The standard InChI is InChI=1S/C19H19N3O7/c1-13(18(24)21-19(25)20-11-14-5-3-2-4-6-14)29-17(23)12-28-16-9-7-15(8-10-16)22(26)27/h2-10,13H,11-12H2,1H3,(H2,20,21,24,25)/t13-/m1/s1. The summed E-state index contributed by atoms with van der Waals surface area (Å²) in [4.78, 5) is 45.5. The van der Waals surface area contributed by atoms with E-state index in [1.807, 2.05) is 30.3 Å². The highest BCUT2D eigenvalue weighted by atomic mass is 16.6. The molecule has 0 heterocycles. The number of imide groups is 1. The van der Waals surface area contributed by atoms with Crippen LogP contribution in [0.25, 0.3) is 0 Å². The van der Waals surface area contributed by atoms with Gasteiger partial charge in [0.15, 0.2) is 12.7 Å². The van der Waals surface area contributed by atoms with Crippen LogP contribution < -0.4 is 15.4 Å². The fraction of sp³-hybridized carbons (Fsp3) is 0.211.